The third kappa shape index (κ3) is 8.22. The average molecular weight is 452 g/mol. The maximum Gasteiger partial charge on any atom is 0.317 e. The molecule has 7 heteroatoms. The highest BCUT2D eigenvalue weighted by molar-refractivity contribution is 5.79. The molecule has 2 atom stereocenters. The average Bonchev–Trinajstić information content (AvgIpc) is 2.77. The fraction of sp³-hybridized carbons (Fsp3) is 0.920. The number of amides is 3. The Morgan fingerprint density at radius 3 is 2.16 bits per heavy atom. The summed E-state index contributed by atoms with van der Waals surface area (Å²) >= 11 is 0. The van der Waals surface area contributed by atoms with Crippen LogP contribution in [0.2, 0.25) is 0 Å². The van der Waals surface area contributed by atoms with Crippen molar-refractivity contribution in [1.82, 2.24) is 25.3 Å². The standard InChI is InChI=1S/C25H49N5O2/c1-7-28(8-2)13-9-12-26-23(31)22-10-14-29(15-11-22)24(32)27-19-25(5,6)30-17-20(3)16-21(4)18-30/h20-22H,7-19H2,1-6H3,(H,26,31)(H,27,32). The molecule has 3 amide bonds. The third-order valence-corrected chi connectivity index (χ3v) is 7.39. The number of carbonyl (C=O) groups excluding carboxylic acids is 2. The van der Waals surface area contributed by atoms with Gasteiger partial charge in [0.15, 0.2) is 0 Å². The summed E-state index contributed by atoms with van der Waals surface area (Å²) in [6, 6.07) is 0.00858. The summed E-state index contributed by atoms with van der Waals surface area (Å²) in [7, 11) is 0. The van der Waals surface area contributed by atoms with Crippen molar-refractivity contribution in [3.05, 3.63) is 0 Å². The number of piperidine rings is 2. The van der Waals surface area contributed by atoms with Crippen molar-refractivity contribution in [2.45, 2.75) is 72.8 Å². The molecule has 0 spiro atoms. The second-order valence-corrected chi connectivity index (χ2v) is 10.8. The van der Waals surface area contributed by atoms with Crippen LogP contribution in [-0.4, -0.2) is 91.1 Å². The Bertz CT molecular complexity index is 575. The van der Waals surface area contributed by atoms with E-state index in [2.05, 4.69) is 62.0 Å². The lowest BCUT2D eigenvalue weighted by Crippen LogP contribution is -2.57. The lowest BCUT2D eigenvalue weighted by atomic mass is 9.88. The van der Waals surface area contributed by atoms with Crippen molar-refractivity contribution in [2.75, 3.05) is 58.9 Å². The second kappa shape index (κ2) is 12.8. The molecule has 2 N–H and O–H groups in total. The molecule has 2 unspecified atom stereocenters. The van der Waals surface area contributed by atoms with Crippen molar-refractivity contribution in [3.63, 3.8) is 0 Å². The molecule has 2 aliphatic rings. The van der Waals surface area contributed by atoms with E-state index in [1.807, 2.05) is 4.90 Å². The molecule has 2 saturated heterocycles. The van der Waals surface area contributed by atoms with E-state index in [1.165, 1.54) is 6.42 Å². The molecule has 32 heavy (non-hydrogen) atoms. The minimum Gasteiger partial charge on any atom is -0.356 e. The molecular formula is C25H49N5O2. The van der Waals surface area contributed by atoms with E-state index >= 15 is 0 Å². The molecule has 2 heterocycles. The first-order valence-electron chi connectivity index (χ1n) is 12.9. The van der Waals surface area contributed by atoms with Crippen LogP contribution in [0.15, 0.2) is 0 Å². The topological polar surface area (TPSA) is 67.9 Å². The number of rotatable bonds is 10. The summed E-state index contributed by atoms with van der Waals surface area (Å²) in [5.74, 6) is 1.59. The highest BCUT2D eigenvalue weighted by Gasteiger charge is 2.34. The van der Waals surface area contributed by atoms with Gasteiger partial charge in [-0.25, -0.2) is 4.79 Å². The number of hydrogen-bond donors (Lipinski definition) is 2. The summed E-state index contributed by atoms with van der Waals surface area (Å²) in [5.41, 5.74) is -0.0536. The Morgan fingerprint density at radius 2 is 1.59 bits per heavy atom. The third-order valence-electron chi connectivity index (χ3n) is 7.39. The first-order chi connectivity index (χ1) is 15.2. The van der Waals surface area contributed by atoms with E-state index in [4.69, 9.17) is 0 Å². The molecule has 0 saturated carbocycles. The van der Waals surface area contributed by atoms with Crippen molar-refractivity contribution in [2.24, 2.45) is 17.8 Å². The molecule has 0 aromatic carbocycles. The Labute approximate surface area is 196 Å². The number of urea groups is 1. The predicted octanol–water partition coefficient (Wildman–Crippen LogP) is 3.01. The smallest absolute Gasteiger partial charge is 0.317 e. The number of nitrogens with one attached hydrogen (secondary N) is 2. The van der Waals surface area contributed by atoms with Gasteiger partial charge in [-0.05, 0) is 71.0 Å². The number of nitrogens with zero attached hydrogens (tertiary/aromatic N) is 3. The van der Waals surface area contributed by atoms with Crippen LogP contribution < -0.4 is 10.6 Å². The molecule has 0 bridgehead atoms. The molecular weight excluding hydrogens is 402 g/mol. The quantitative estimate of drug-likeness (QED) is 0.501. The minimum atomic E-state index is -0.0536. The van der Waals surface area contributed by atoms with Gasteiger partial charge < -0.3 is 20.4 Å². The lowest BCUT2D eigenvalue weighted by molar-refractivity contribution is -0.126. The van der Waals surface area contributed by atoms with E-state index in [-0.39, 0.29) is 23.4 Å². The summed E-state index contributed by atoms with van der Waals surface area (Å²) < 4.78 is 0. The SMILES string of the molecule is CCN(CC)CCCNC(=O)C1CCN(C(=O)NCC(C)(C)N2CC(C)CC(C)C2)CC1. The normalized spacial score (nSPS) is 23.4. The molecule has 0 aliphatic carbocycles. The van der Waals surface area contributed by atoms with E-state index in [1.54, 1.807) is 0 Å². The summed E-state index contributed by atoms with van der Waals surface area (Å²) in [5, 5.41) is 6.27. The van der Waals surface area contributed by atoms with Gasteiger partial charge in [-0.2, -0.15) is 0 Å². The highest BCUT2D eigenvalue weighted by Crippen LogP contribution is 2.27. The maximum absolute atomic E-state index is 12.8. The Hall–Kier alpha value is -1.34. The zero-order chi connectivity index (χ0) is 23.7. The summed E-state index contributed by atoms with van der Waals surface area (Å²) in [4.78, 5) is 32.0. The largest absolute Gasteiger partial charge is 0.356 e. The van der Waals surface area contributed by atoms with Crippen LogP contribution in [0, 0.1) is 17.8 Å². The zero-order valence-electron chi connectivity index (χ0n) is 21.6. The van der Waals surface area contributed by atoms with Gasteiger partial charge in [0.1, 0.15) is 0 Å². The first-order valence-corrected chi connectivity index (χ1v) is 12.9. The van der Waals surface area contributed by atoms with Crippen LogP contribution in [0.4, 0.5) is 4.79 Å². The van der Waals surface area contributed by atoms with Gasteiger partial charge in [0.2, 0.25) is 5.91 Å². The van der Waals surface area contributed by atoms with Crippen LogP contribution in [0.5, 0.6) is 0 Å². The van der Waals surface area contributed by atoms with Gasteiger partial charge in [-0.3, -0.25) is 9.69 Å². The van der Waals surface area contributed by atoms with Crippen LogP contribution in [0.3, 0.4) is 0 Å². The van der Waals surface area contributed by atoms with Crippen molar-refractivity contribution < 1.29 is 9.59 Å². The van der Waals surface area contributed by atoms with Crippen molar-refractivity contribution in [3.8, 4) is 0 Å². The Balaban J connectivity index is 1.68. The second-order valence-electron chi connectivity index (χ2n) is 10.8. The molecule has 7 nitrogen and oxygen atoms in total. The zero-order valence-corrected chi connectivity index (χ0v) is 21.6. The van der Waals surface area contributed by atoms with E-state index in [9.17, 15) is 9.59 Å². The molecule has 0 radical (unpaired) electrons. The molecule has 186 valence electrons. The van der Waals surface area contributed by atoms with Gasteiger partial charge in [-0.15, -0.1) is 0 Å². The fourth-order valence-electron chi connectivity index (χ4n) is 5.22. The van der Waals surface area contributed by atoms with E-state index < -0.39 is 0 Å². The number of carbonyl (C=O) groups is 2. The molecule has 2 aliphatic heterocycles. The van der Waals surface area contributed by atoms with Crippen LogP contribution >= 0.6 is 0 Å². The molecule has 0 aromatic rings. The first kappa shape index (κ1) is 26.9. The number of hydrogen-bond acceptors (Lipinski definition) is 4. The van der Waals surface area contributed by atoms with Gasteiger partial charge in [0.25, 0.3) is 0 Å². The summed E-state index contributed by atoms with van der Waals surface area (Å²) in [6.45, 7) is 21.5. The lowest BCUT2D eigenvalue weighted by Gasteiger charge is -2.45. The van der Waals surface area contributed by atoms with Gasteiger partial charge in [-0.1, -0.05) is 27.7 Å². The number of likely N-dealkylation sites (tertiary alicyclic amines) is 2. The van der Waals surface area contributed by atoms with Crippen LogP contribution in [0.1, 0.15) is 67.2 Å². The van der Waals surface area contributed by atoms with Crippen LogP contribution in [0.25, 0.3) is 0 Å². The van der Waals surface area contributed by atoms with Gasteiger partial charge in [0.05, 0.1) is 0 Å². The van der Waals surface area contributed by atoms with E-state index in [0.29, 0.717) is 31.5 Å². The maximum atomic E-state index is 12.8. The summed E-state index contributed by atoms with van der Waals surface area (Å²) in [6.07, 6.45) is 3.77. The Kier molecular flexibility index (Phi) is 10.7. The predicted molar refractivity (Wildman–Crippen MR) is 132 cm³/mol. The molecule has 0 aromatic heterocycles. The monoisotopic (exact) mass is 451 g/mol. The molecule has 2 rings (SSSR count). The Morgan fingerprint density at radius 1 is 1.00 bits per heavy atom. The van der Waals surface area contributed by atoms with Crippen molar-refractivity contribution >= 4 is 11.9 Å². The van der Waals surface area contributed by atoms with Crippen molar-refractivity contribution in [1.29, 1.82) is 0 Å². The van der Waals surface area contributed by atoms with E-state index in [0.717, 1.165) is 58.5 Å². The minimum absolute atomic E-state index is 0.00858. The van der Waals surface area contributed by atoms with Crippen LogP contribution in [-0.2, 0) is 4.79 Å². The van der Waals surface area contributed by atoms with Gasteiger partial charge in [0, 0.05) is 50.7 Å². The highest BCUT2D eigenvalue weighted by atomic mass is 16.2. The van der Waals surface area contributed by atoms with Gasteiger partial charge >= 0.3 is 6.03 Å². The molecule has 2 fully saturated rings. The fourth-order valence-corrected chi connectivity index (χ4v) is 5.22.